The van der Waals surface area contributed by atoms with Crippen molar-refractivity contribution in [1.29, 1.82) is 0 Å². The van der Waals surface area contributed by atoms with E-state index in [0.29, 0.717) is 11.5 Å². The number of hydrogen-bond acceptors (Lipinski definition) is 2. The molecule has 0 aromatic heterocycles. The summed E-state index contributed by atoms with van der Waals surface area (Å²) in [4.78, 5) is 0. The lowest BCUT2D eigenvalue weighted by atomic mass is 10.0. The minimum atomic E-state index is -0.315. The second kappa shape index (κ2) is 5.65. The van der Waals surface area contributed by atoms with Gasteiger partial charge in [0.05, 0.1) is 0 Å². The molecule has 2 rings (SSSR count). The summed E-state index contributed by atoms with van der Waals surface area (Å²) >= 11 is 0. The zero-order chi connectivity index (χ0) is 13.0. The number of halogens is 1. The fourth-order valence-electron chi connectivity index (χ4n) is 1.76. The summed E-state index contributed by atoms with van der Waals surface area (Å²) in [5.41, 5.74) is 6.96. The van der Waals surface area contributed by atoms with Gasteiger partial charge in [0, 0.05) is 17.7 Å². The third-order valence-electron chi connectivity index (χ3n) is 2.78. The van der Waals surface area contributed by atoms with Gasteiger partial charge in [0.2, 0.25) is 0 Å². The van der Waals surface area contributed by atoms with Crippen LogP contribution in [0.3, 0.4) is 0 Å². The SMILES string of the molecule is CC[C@H](N)c1ccccc1Oc1cccc(F)c1. The number of nitrogens with two attached hydrogens (primary N) is 1. The lowest BCUT2D eigenvalue weighted by Crippen LogP contribution is -2.09. The van der Waals surface area contributed by atoms with Gasteiger partial charge in [-0.2, -0.15) is 0 Å². The van der Waals surface area contributed by atoms with Crippen molar-refractivity contribution in [2.75, 3.05) is 0 Å². The highest BCUT2D eigenvalue weighted by molar-refractivity contribution is 5.39. The summed E-state index contributed by atoms with van der Waals surface area (Å²) < 4.78 is 18.8. The van der Waals surface area contributed by atoms with E-state index in [2.05, 4.69) is 0 Å². The Morgan fingerprint density at radius 3 is 2.67 bits per heavy atom. The van der Waals surface area contributed by atoms with Crippen LogP contribution in [0.4, 0.5) is 4.39 Å². The Kier molecular flexibility index (Phi) is 3.95. The number of para-hydroxylation sites is 1. The molecule has 0 unspecified atom stereocenters. The molecule has 3 heteroatoms. The molecule has 2 aromatic carbocycles. The average Bonchev–Trinajstić information content (AvgIpc) is 2.38. The van der Waals surface area contributed by atoms with Gasteiger partial charge in [-0.1, -0.05) is 31.2 Å². The molecule has 0 aliphatic carbocycles. The summed E-state index contributed by atoms with van der Waals surface area (Å²) in [5.74, 6) is 0.841. The van der Waals surface area contributed by atoms with Gasteiger partial charge in [0.15, 0.2) is 0 Å². The van der Waals surface area contributed by atoms with E-state index in [1.54, 1.807) is 12.1 Å². The van der Waals surface area contributed by atoms with Crippen LogP contribution in [0.1, 0.15) is 24.9 Å². The fraction of sp³-hybridized carbons (Fsp3) is 0.200. The van der Waals surface area contributed by atoms with E-state index in [-0.39, 0.29) is 11.9 Å². The second-order valence-electron chi connectivity index (χ2n) is 4.11. The van der Waals surface area contributed by atoms with Crippen LogP contribution in [0.15, 0.2) is 48.5 Å². The molecule has 2 nitrogen and oxygen atoms in total. The predicted molar refractivity (Wildman–Crippen MR) is 70.1 cm³/mol. The minimum absolute atomic E-state index is 0.0743. The van der Waals surface area contributed by atoms with Crippen LogP contribution in [-0.2, 0) is 0 Å². The van der Waals surface area contributed by atoms with Crippen molar-refractivity contribution in [2.24, 2.45) is 5.73 Å². The molecule has 0 saturated carbocycles. The highest BCUT2D eigenvalue weighted by atomic mass is 19.1. The van der Waals surface area contributed by atoms with Gasteiger partial charge < -0.3 is 10.5 Å². The van der Waals surface area contributed by atoms with Crippen molar-refractivity contribution in [3.8, 4) is 11.5 Å². The zero-order valence-electron chi connectivity index (χ0n) is 10.3. The Labute approximate surface area is 106 Å². The Morgan fingerprint density at radius 1 is 1.17 bits per heavy atom. The van der Waals surface area contributed by atoms with Crippen molar-refractivity contribution >= 4 is 0 Å². The van der Waals surface area contributed by atoms with E-state index < -0.39 is 0 Å². The Balaban J connectivity index is 2.29. The van der Waals surface area contributed by atoms with Gasteiger partial charge >= 0.3 is 0 Å². The van der Waals surface area contributed by atoms with Gasteiger partial charge in [0.1, 0.15) is 17.3 Å². The highest BCUT2D eigenvalue weighted by Crippen LogP contribution is 2.29. The molecule has 0 heterocycles. The largest absolute Gasteiger partial charge is 0.457 e. The lowest BCUT2D eigenvalue weighted by molar-refractivity contribution is 0.464. The molecule has 0 aliphatic heterocycles. The van der Waals surface area contributed by atoms with Crippen molar-refractivity contribution in [3.63, 3.8) is 0 Å². The maximum Gasteiger partial charge on any atom is 0.132 e. The molecule has 0 radical (unpaired) electrons. The van der Waals surface area contributed by atoms with Gasteiger partial charge in [-0.3, -0.25) is 0 Å². The summed E-state index contributed by atoms with van der Waals surface area (Å²) in [7, 11) is 0. The van der Waals surface area contributed by atoms with E-state index in [1.807, 2.05) is 31.2 Å². The highest BCUT2D eigenvalue weighted by Gasteiger charge is 2.10. The molecule has 2 N–H and O–H groups in total. The molecule has 0 spiro atoms. The van der Waals surface area contributed by atoms with Crippen LogP contribution in [0.25, 0.3) is 0 Å². The molecule has 1 atom stereocenters. The lowest BCUT2D eigenvalue weighted by Gasteiger charge is -2.15. The molecule has 94 valence electrons. The average molecular weight is 245 g/mol. The Morgan fingerprint density at radius 2 is 1.94 bits per heavy atom. The standard InChI is InChI=1S/C15H16FNO/c1-2-14(17)13-8-3-4-9-15(13)18-12-7-5-6-11(16)10-12/h3-10,14H,2,17H2,1H3/t14-/m0/s1. The Bertz CT molecular complexity index is 527. The molecular formula is C15H16FNO. The minimum Gasteiger partial charge on any atom is -0.457 e. The van der Waals surface area contributed by atoms with Crippen LogP contribution in [0.5, 0.6) is 11.5 Å². The van der Waals surface area contributed by atoms with Crippen molar-refractivity contribution in [2.45, 2.75) is 19.4 Å². The molecule has 0 amide bonds. The van der Waals surface area contributed by atoms with Gasteiger partial charge in [-0.15, -0.1) is 0 Å². The van der Waals surface area contributed by atoms with Gasteiger partial charge in [-0.25, -0.2) is 4.39 Å². The number of rotatable bonds is 4. The van der Waals surface area contributed by atoms with Crippen molar-refractivity contribution < 1.29 is 9.13 Å². The first kappa shape index (κ1) is 12.6. The summed E-state index contributed by atoms with van der Waals surface area (Å²) in [6.07, 6.45) is 0.823. The molecule has 0 aliphatic rings. The van der Waals surface area contributed by atoms with Crippen molar-refractivity contribution in [3.05, 3.63) is 59.9 Å². The van der Waals surface area contributed by atoms with E-state index in [9.17, 15) is 4.39 Å². The molecular weight excluding hydrogens is 229 g/mol. The third-order valence-corrected chi connectivity index (χ3v) is 2.78. The Hall–Kier alpha value is -1.87. The maximum atomic E-state index is 13.1. The topological polar surface area (TPSA) is 35.2 Å². The summed E-state index contributed by atoms with van der Waals surface area (Å²) in [6, 6.07) is 13.6. The van der Waals surface area contributed by atoms with Gasteiger partial charge in [0.25, 0.3) is 0 Å². The van der Waals surface area contributed by atoms with E-state index in [0.717, 1.165) is 12.0 Å². The predicted octanol–water partition coefficient (Wildman–Crippen LogP) is 4.03. The third kappa shape index (κ3) is 2.87. The van der Waals surface area contributed by atoms with E-state index in [1.165, 1.54) is 12.1 Å². The molecule has 18 heavy (non-hydrogen) atoms. The quantitative estimate of drug-likeness (QED) is 0.882. The first-order chi connectivity index (χ1) is 8.70. The van der Waals surface area contributed by atoms with Crippen LogP contribution >= 0.6 is 0 Å². The zero-order valence-corrected chi connectivity index (χ0v) is 10.3. The second-order valence-corrected chi connectivity index (χ2v) is 4.11. The maximum absolute atomic E-state index is 13.1. The number of benzene rings is 2. The first-order valence-corrected chi connectivity index (χ1v) is 5.98. The molecule has 0 bridgehead atoms. The van der Waals surface area contributed by atoms with E-state index in [4.69, 9.17) is 10.5 Å². The number of hydrogen-bond donors (Lipinski definition) is 1. The van der Waals surface area contributed by atoms with Crippen LogP contribution in [0, 0.1) is 5.82 Å². The smallest absolute Gasteiger partial charge is 0.132 e. The van der Waals surface area contributed by atoms with Crippen LogP contribution in [-0.4, -0.2) is 0 Å². The monoisotopic (exact) mass is 245 g/mol. The summed E-state index contributed by atoms with van der Waals surface area (Å²) in [6.45, 7) is 2.02. The van der Waals surface area contributed by atoms with Gasteiger partial charge in [-0.05, 0) is 24.6 Å². The molecule has 0 fully saturated rings. The van der Waals surface area contributed by atoms with Crippen LogP contribution < -0.4 is 10.5 Å². The summed E-state index contributed by atoms with van der Waals surface area (Å²) in [5, 5.41) is 0. The first-order valence-electron chi connectivity index (χ1n) is 5.98. The van der Waals surface area contributed by atoms with Crippen LogP contribution in [0.2, 0.25) is 0 Å². The van der Waals surface area contributed by atoms with Crippen molar-refractivity contribution in [1.82, 2.24) is 0 Å². The fourth-order valence-corrected chi connectivity index (χ4v) is 1.76. The number of ether oxygens (including phenoxy) is 1. The molecule has 0 saturated heterocycles. The van der Waals surface area contributed by atoms with E-state index >= 15 is 0 Å². The normalized spacial score (nSPS) is 12.2. The molecule has 2 aromatic rings.